The minimum atomic E-state index is -1.72. The van der Waals surface area contributed by atoms with Crippen molar-refractivity contribution < 1.29 is 24.8 Å². The van der Waals surface area contributed by atoms with Crippen molar-refractivity contribution in [1.29, 1.82) is 0 Å². The van der Waals surface area contributed by atoms with Crippen LogP contribution in [0.1, 0.15) is 115 Å². The van der Waals surface area contributed by atoms with E-state index in [9.17, 15) is 4.11 Å². The molecule has 0 N–H and O–H groups in total. The molecule has 4 nitrogen and oxygen atoms in total. The summed E-state index contributed by atoms with van der Waals surface area (Å²) < 4.78 is 88.6. The van der Waals surface area contributed by atoms with Crippen LogP contribution in [0, 0.1) is 5.92 Å². The van der Waals surface area contributed by atoms with Crippen molar-refractivity contribution in [3.63, 3.8) is 0 Å². The maximum absolute atomic E-state index is 10.3. The van der Waals surface area contributed by atoms with E-state index in [1.54, 1.807) is 4.57 Å². The van der Waals surface area contributed by atoms with E-state index < -0.39 is 52.9 Å². The number of para-hydroxylation sites is 1. The lowest BCUT2D eigenvalue weighted by molar-refractivity contribution is -0.997. The maximum Gasteiger partial charge on any atom is 0.499 e. The summed E-state index contributed by atoms with van der Waals surface area (Å²) in [6.07, 6.45) is 0.517. The quantitative estimate of drug-likeness (QED) is 0.158. The molecule has 5 heterocycles. The van der Waals surface area contributed by atoms with E-state index in [-0.39, 0.29) is 34.5 Å². The lowest BCUT2D eigenvalue weighted by Gasteiger charge is -2.36. The Bertz CT molecular complexity index is 3640. The molecule has 0 saturated heterocycles. The van der Waals surface area contributed by atoms with E-state index in [1.807, 2.05) is 6.07 Å². The summed E-state index contributed by atoms with van der Waals surface area (Å²) in [7, 11) is 0. The van der Waals surface area contributed by atoms with Gasteiger partial charge in [0, 0.05) is 28.8 Å². The first-order valence-electron chi connectivity index (χ1n) is 26.3. The van der Waals surface area contributed by atoms with Crippen molar-refractivity contribution in [3.05, 3.63) is 167 Å². The van der Waals surface area contributed by atoms with Crippen LogP contribution in [-0.2, 0) is 28.5 Å². The number of rotatable bonds is 5. The van der Waals surface area contributed by atoms with Gasteiger partial charge in [0.25, 0.3) is 0 Å². The number of fused-ring (bicyclic) bond motifs is 5. The van der Waals surface area contributed by atoms with Crippen molar-refractivity contribution >= 4 is 11.0 Å². The molecule has 4 heteroatoms. The Labute approximate surface area is 384 Å². The predicted octanol–water partition coefficient (Wildman–Crippen LogP) is 13.9. The molecule has 314 valence electrons. The Balaban J connectivity index is 1.37. The van der Waals surface area contributed by atoms with Crippen LogP contribution in [0.3, 0.4) is 0 Å². The third-order valence-corrected chi connectivity index (χ3v) is 13.2. The van der Waals surface area contributed by atoms with Gasteiger partial charge in [-0.3, -0.25) is 0 Å². The highest BCUT2D eigenvalue weighted by Crippen LogP contribution is 2.56. The number of ether oxygens (including phenoxy) is 1. The lowest BCUT2D eigenvalue weighted by Crippen LogP contribution is -2.78. The van der Waals surface area contributed by atoms with Crippen molar-refractivity contribution in [3.8, 4) is 67.5 Å². The van der Waals surface area contributed by atoms with Crippen molar-refractivity contribution in [2.75, 3.05) is 0 Å². The van der Waals surface area contributed by atoms with E-state index in [2.05, 4.69) is 170 Å². The molecule has 3 aliphatic rings. The second kappa shape index (κ2) is 13.4. The van der Waals surface area contributed by atoms with Gasteiger partial charge in [0.05, 0.1) is 15.2 Å². The molecule has 0 radical (unpaired) electrons. The zero-order valence-electron chi connectivity index (χ0n) is 46.2. The Morgan fingerprint density at radius 3 is 2.05 bits per heavy atom. The van der Waals surface area contributed by atoms with E-state index in [1.165, 1.54) is 11.1 Å². The number of imidazole rings is 1. The molecule has 0 bridgehead atoms. The van der Waals surface area contributed by atoms with Crippen LogP contribution in [0.15, 0.2) is 139 Å². The molecular formula is C59H59N3O+2. The standard InChI is InChI=1S/C59H59N3O/c1-36(2)29-40-30-43(25-26-44(40)38-21-16-13-17-22-38)61-50-24-18-23-45-46-32-41(56(3,4)5)33-47-51-31-39(37-19-14-12-15-20-37)27-28-60(51)59(52(46)47)62(53(45)50)55(61)48-34-42(57(6,7)8)35-49(54(48)63-59)58(9,10)11/h12-28,30-36H,29H2,1-11H3/q+2/i12D,14D,15D,19D,20D,27D,28D,31D. The van der Waals surface area contributed by atoms with Crippen LogP contribution in [0.25, 0.3) is 72.7 Å². The minimum absolute atomic E-state index is 0.203. The molecule has 6 aromatic carbocycles. The normalized spacial score (nSPS) is 17.7. The van der Waals surface area contributed by atoms with Crippen molar-refractivity contribution in [2.24, 2.45) is 5.92 Å². The Kier molecular flexibility index (Phi) is 6.70. The molecule has 1 spiro atoms. The topological polar surface area (TPSA) is 21.9 Å². The first-order chi connectivity index (χ1) is 33.3. The van der Waals surface area contributed by atoms with Crippen LogP contribution in [0.4, 0.5) is 0 Å². The van der Waals surface area contributed by atoms with Gasteiger partial charge in [-0.2, -0.15) is 4.57 Å². The molecular weight excluding hydrogens is 767 g/mol. The summed E-state index contributed by atoms with van der Waals surface area (Å²) in [5, 5.41) is 0. The third-order valence-electron chi connectivity index (χ3n) is 13.2. The van der Waals surface area contributed by atoms with E-state index in [0.717, 1.165) is 67.9 Å². The summed E-state index contributed by atoms with van der Waals surface area (Å²) >= 11 is 0. The van der Waals surface area contributed by atoms with Gasteiger partial charge in [0.2, 0.25) is 5.69 Å². The summed E-state index contributed by atoms with van der Waals surface area (Å²) in [5.74, 6) is 0.0958. The van der Waals surface area contributed by atoms with Gasteiger partial charge < -0.3 is 4.74 Å². The van der Waals surface area contributed by atoms with E-state index in [4.69, 9.17) is 11.6 Å². The Morgan fingerprint density at radius 2 is 1.35 bits per heavy atom. The first-order valence-corrected chi connectivity index (χ1v) is 22.3. The SMILES string of the molecule is [2H]c1c([2H])c([2H])c(-c2c([2H])c([2H])[n+]3c(c2[2H])-c2cc(C(C)(C)C)cc4c2C32Oc3c(cc(C(C)(C)C)cc3C(C)(C)C)-c3n(-c5ccc(-c6ccccc6)c(CC(C)C)c5)c5cccc-4c5[n+]32)c([2H])c1[2H]. The Morgan fingerprint density at radius 1 is 0.651 bits per heavy atom. The van der Waals surface area contributed by atoms with Gasteiger partial charge in [0.15, 0.2) is 23.0 Å². The molecule has 3 aliphatic heterocycles. The number of nitrogens with zero attached hydrogens (tertiary/aromatic N) is 3. The van der Waals surface area contributed by atoms with Gasteiger partial charge in [-0.15, -0.1) is 9.13 Å². The van der Waals surface area contributed by atoms with Gasteiger partial charge in [-0.1, -0.05) is 149 Å². The minimum Gasteiger partial charge on any atom is -0.392 e. The average molecular weight is 834 g/mol. The van der Waals surface area contributed by atoms with E-state index in [0.29, 0.717) is 22.8 Å². The molecule has 0 aliphatic carbocycles. The molecule has 0 saturated carbocycles. The van der Waals surface area contributed by atoms with Crippen molar-refractivity contribution in [2.45, 2.75) is 105 Å². The second-order valence-electron chi connectivity index (χ2n) is 21.2. The van der Waals surface area contributed by atoms with Gasteiger partial charge in [-0.25, -0.2) is 0 Å². The highest BCUT2D eigenvalue weighted by Gasteiger charge is 2.69. The fraction of sp³-hybridized carbons (Fsp3) is 0.288. The summed E-state index contributed by atoms with van der Waals surface area (Å²) in [5.41, 5.74) is 12.0. The Hall–Kier alpha value is -6.26. The van der Waals surface area contributed by atoms with Gasteiger partial charge >= 0.3 is 11.7 Å². The molecule has 0 amide bonds. The van der Waals surface area contributed by atoms with Crippen LogP contribution in [0.5, 0.6) is 5.75 Å². The fourth-order valence-corrected chi connectivity index (χ4v) is 10.1. The average Bonchev–Trinajstić information content (AvgIpc) is 3.81. The zero-order valence-corrected chi connectivity index (χ0v) is 38.2. The molecule has 11 rings (SSSR count). The fourth-order valence-electron chi connectivity index (χ4n) is 10.1. The molecule has 1 atom stereocenters. The monoisotopic (exact) mass is 834 g/mol. The molecule has 2 aromatic heterocycles. The molecule has 63 heavy (non-hydrogen) atoms. The van der Waals surface area contributed by atoms with Crippen molar-refractivity contribution in [1.82, 2.24) is 4.57 Å². The lowest BCUT2D eigenvalue weighted by atomic mass is 9.78. The van der Waals surface area contributed by atoms with Gasteiger partial charge in [0.1, 0.15) is 18.2 Å². The molecule has 8 aromatic rings. The number of aromatic nitrogens is 3. The second-order valence-corrected chi connectivity index (χ2v) is 21.2. The highest BCUT2D eigenvalue weighted by molar-refractivity contribution is 5.98. The first kappa shape index (κ1) is 31.6. The zero-order chi connectivity index (χ0) is 50.9. The van der Waals surface area contributed by atoms with E-state index >= 15 is 0 Å². The number of hydrogen-bond donors (Lipinski definition) is 0. The number of benzene rings is 6. The third kappa shape index (κ3) is 5.79. The number of pyridine rings is 1. The van der Waals surface area contributed by atoms with Crippen LogP contribution >= 0.6 is 0 Å². The smallest absolute Gasteiger partial charge is 0.392 e. The largest absolute Gasteiger partial charge is 0.499 e. The maximum atomic E-state index is 10.3. The summed E-state index contributed by atoms with van der Waals surface area (Å²) in [4.78, 5) is 0. The highest BCUT2D eigenvalue weighted by atomic mass is 16.5. The molecule has 0 fully saturated rings. The van der Waals surface area contributed by atoms with Gasteiger partial charge in [-0.05, 0) is 116 Å². The summed E-state index contributed by atoms with van der Waals surface area (Å²) in [6.45, 7) is 24.1. The van der Waals surface area contributed by atoms with Crippen LogP contribution in [-0.4, -0.2) is 4.57 Å². The summed E-state index contributed by atoms with van der Waals surface area (Å²) in [6, 6.07) is 29.0. The predicted molar refractivity (Wildman–Crippen MR) is 259 cm³/mol. The van der Waals surface area contributed by atoms with Crippen LogP contribution in [0.2, 0.25) is 0 Å². The number of hydrogen-bond acceptors (Lipinski definition) is 1. The van der Waals surface area contributed by atoms with Crippen LogP contribution < -0.4 is 13.9 Å². The molecule has 1 unspecified atom stereocenters.